The van der Waals surface area contributed by atoms with Crippen LogP contribution in [0.25, 0.3) is 0 Å². The van der Waals surface area contributed by atoms with Gasteiger partial charge in [-0.15, -0.1) is 11.6 Å². The quantitative estimate of drug-likeness (QED) is 0.697. The minimum atomic E-state index is 0.541. The van der Waals surface area contributed by atoms with Gasteiger partial charge in [-0.25, -0.2) is 0 Å². The molecule has 3 heteroatoms. The lowest BCUT2D eigenvalue weighted by Gasteiger charge is -2.08. The van der Waals surface area contributed by atoms with Crippen molar-refractivity contribution in [2.75, 3.05) is 0 Å². The second kappa shape index (κ2) is 4.50. The highest BCUT2D eigenvalue weighted by Gasteiger charge is 2.07. The summed E-state index contributed by atoms with van der Waals surface area (Å²) in [5.41, 5.74) is 2.35. The second-order valence-electron chi connectivity index (χ2n) is 2.49. The normalized spacial score (nSPS) is 10.3. The van der Waals surface area contributed by atoms with E-state index in [0.717, 1.165) is 21.5 Å². The Balaban J connectivity index is 3.25. The highest BCUT2D eigenvalue weighted by atomic mass is 79.9. The molecule has 0 radical (unpaired) electrons. The van der Waals surface area contributed by atoms with E-state index in [1.165, 1.54) is 5.56 Å². The summed E-state index contributed by atoms with van der Waals surface area (Å²) in [6, 6.07) is 3.83. The largest absolute Gasteiger partial charge is 0.122 e. The van der Waals surface area contributed by atoms with Crippen molar-refractivity contribution < 1.29 is 0 Å². The lowest BCUT2D eigenvalue weighted by molar-refractivity contribution is 1.09. The summed E-state index contributed by atoms with van der Waals surface area (Å²) < 4.78 is 0.977. The van der Waals surface area contributed by atoms with Crippen molar-refractivity contribution in [2.24, 2.45) is 0 Å². The molecule has 0 aliphatic carbocycles. The van der Waals surface area contributed by atoms with Crippen molar-refractivity contribution in [2.45, 2.75) is 19.2 Å². The van der Waals surface area contributed by atoms with Crippen LogP contribution in [-0.2, 0) is 12.3 Å². The number of halogens is 3. The molecule has 0 amide bonds. The van der Waals surface area contributed by atoms with Gasteiger partial charge in [-0.3, -0.25) is 0 Å². The highest BCUT2D eigenvalue weighted by molar-refractivity contribution is 9.10. The van der Waals surface area contributed by atoms with Crippen LogP contribution in [0.1, 0.15) is 18.1 Å². The molecule has 66 valence electrons. The average molecular weight is 268 g/mol. The minimum absolute atomic E-state index is 0.541. The fourth-order valence-corrected chi connectivity index (χ4v) is 2.23. The van der Waals surface area contributed by atoms with E-state index in [1.807, 2.05) is 12.1 Å². The average Bonchev–Trinajstić information content (AvgIpc) is 2.09. The number of hydrogen-bond donors (Lipinski definition) is 0. The van der Waals surface area contributed by atoms with Crippen LogP contribution in [0.3, 0.4) is 0 Å². The Morgan fingerprint density at radius 3 is 2.58 bits per heavy atom. The molecule has 0 bridgehead atoms. The van der Waals surface area contributed by atoms with Gasteiger partial charge in [0.1, 0.15) is 0 Å². The monoisotopic (exact) mass is 266 g/mol. The Kier molecular flexibility index (Phi) is 3.88. The van der Waals surface area contributed by atoms with Gasteiger partial charge >= 0.3 is 0 Å². The van der Waals surface area contributed by atoms with Gasteiger partial charge < -0.3 is 0 Å². The molecule has 0 nitrogen and oxygen atoms in total. The zero-order chi connectivity index (χ0) is 9.14. The summed E-state index contributed by atoms with van der Waals surface area (Å²) in [5.74, 6) is 0.541. The van der Waals surface area contributed by atoms with Crippen LogP contribution >= 0.6 is 39.1 Å². The van der Waals surface area contributed by atoms with E-state index in [-0.39, 0.29) is 0 Å². The summed E-state index contributed by atoms with van der Waals surface area (Å²) in [7, 11) is 0. The highest BCUT2D eigenvalue weighted by Crippen LogP contribution is 2.30. The van der Waals surface area contributed by atoms with Crippen LogP contribution in [0.4, 0.5) is 0 Å². The van der Waals surface area contributed by atoms with Crippen molar-refractivity contribution >= 4 is 39.1 Å². The Hall–Kier alpha value is 0.280. The molecule has 0 atom stereocenters. The molecule has 0 unspecified atom stereocenters. The van der Waals surface area contributed by atoms with E-state index in [9.17, 15) is 0 Å². The first-order valence-electron chi connectivity index (χ1n) is 3.72. The molecule has 1 aromatic carbocycles. The van der Waals surface area contributed by atoms with Crippen molar-refractivity contribution in [3.8, 4) is 0 Å². The van der Waals surface area contributed by atoms with Gasteiger partial charge in [-0.1, -0.05) is 24.6 Å². The van der Waals surface area contributed by atoms with E-state index in [2.05, 4.69) is 22.9 Å². The zero-order valence-corrected chi connectivity index (χ0v) is 9.80. The molecule has 0 aromatic heterocycles. The van der Waals surface area contributed by atoms with Gasteiger partial charge in [0.15, 0.2) is 0 Å². The summed E-state index contributed by atoms with van der Waals surface area (Å²) in [6.07, 6.45) is 0.948. The maximum absolute atomic E-state index is 5.93. The molecule has 0 aliphatic heterocycles. The third-order valence-corrected chi connectivity index (χ3v) is 3.53. The van der Waals surface area contributed by atoms with Gasteiger partial charge in [-0.2, -0.15) is 0 Å². The SMILES string of the molecule is CCc1c(CCl)ccc(Cl)c1Br. The molecule has 12 heavy (non-hydrogen) atoms. The molecule has 0 saturated carbocycles. The van der Waals surface area contributed by atoms with Crippen LogP contribution in [0.2, 0.25) is 5.02 Å². The molecule has 0 saturated heterocycles. The molecule has 1 aromatic rings. The predicted molar refractivity (Wildman–Crippen MR) is 58.1 cm³/mol. The maximum atomic E-state index is 5.93. The van der Waals surface area contributed by atoms with Gasteiger partial charge in [-0.05, 0) is 39.5 Å². The fourth-order valence-electron chi connectivity index (χ4n) is 1.14. The third kappa shape index (κ3) is 1.95. The maximum Gasteiger partial charge on any atom is 0.0551 e. The van der Waals surface area contributed by atoms with E-state index < -0.39 is 0 Å². The molecular weight excluding hydrogens is 259 g/mol. The van der Waals surface area contributed by atoms with Crippen molar-refractivity contribution in [3.05, 3.63) is 32.8 Å². The summed E-state index contributed by atoms with van der Waals surface area (Å²) in [6.45, 7) is 2.09. The Morgan fingerprint density at radius 2 is 2.08 bits per heavy atom. The van der Waals surface area contributed by atoms with Crippen molar-refractivity contribution in [1.82, 2.24) is 0 Å². The molecule has 0 heterocycles. The molecular formula is C9H9BrCl2. The van der Waals surface area contributed by atoms with Crippen LogP contribution in [-0.4, -0.2) is 0 Å². The zero-order valence-electron chi connectivity index (χ0n) is 6.70. The first-order valence-corrected chi connectivity index (χ1v) is 5.43. The molecule has 0 spiro atoms. The van der Waals surface area contributed by atoms with Gasteiger partial charge in [0.2, 0.25) is 0 Å². The third-order valence-electron chi connectivity index (χ3n) is 1.79. The Bertz CT molecular complexity index is 284. The predicted octanol–water partition coefficient (Wildman–Crippen LogP) is 4.40. The van der Waals surface area contributed by atoms with Crippen LogP contribution in [0, 0.1) is 0 Å². The Morgan fingerprint density at radius 1 is 1.42 bits per heavy atom. The first-order chi connectivity index (χ1) is 5.70. The number of benzene rings is 1. The number of alkyl halides is 1. The topological polar surface area (TPSA) is 0 Å². The molecule has 1 rings (SSSR count). The lowest BCUT2D eigenvalue weighted by Crippen LogP contribution is -1.91. The van der Waals surface area contributed by atoms with Gasteiger partial charge in [0.05, 0.1) is 5.02 Å². The van der Waals surface area contributed by atoms with E-state index in [4.69, 9.17) is 23.2 Å². The lowest BCUT2D eigenvalue weighted by atomic mass is 10.1. The summed E-state index contributed by atoms with van der Waals surface area (Å²) in [5, 5.41) is 0.751. The molecule has 0 N–H and O–H groups in total. The summed E-state index contributed by atoms with van der Waals surface area (Å²) >= 11 is 15.1. The standard InChI is InChI=1S/C9H9BrCl2/c1-2-7-6(5-11)3-4-8(12)9(7)10/h3-4H,2,5H2,1H3. The molecule has 0 fully saturated rings. The van der Waals surface area contributed by atoms with Crippen LogP contribution in [0.5, 0.6) is 0 Å². The molecule has 0 aliphatic rings. The van der Waals surface area contributed by atoms with E-state index >= 15 is 0 Å². The van der Waals surface area contributed by atoms with Crippen LogP contribution < -0.4 is 0 Å². The van der Waals surface area contributed by atoms with E-state index in [0.29, 0.717) is 5.88 Å². The van der Waals surface area contributed by atoms with Crippen LogP contribution in [0.15, 0.2) is 16.6 Å². The summed E-state index contributed by atoms with van der Waals surface area (Å²) in [4.78, 5) is 0. The number of hydrogen-bond acceptors (Lipinski definition) is 0. The fraction of sp³-hybridized carbons (Fsp3) is 0.333. The van der Waals surface area contributed by atoms with Crippen molar-refractivity contribution in [3.63, 3.8) is 0 Å². The van der Waals surface area contributed by atoms with Gasteiger partial charge in [0, 0.05) is 10.4 Å². The minimum Gasteiger partial charge on any atom is -0.122 e. The van der Waals surface area contributed by atoms with Gasteiger partial charge in [0.25, 0.3) is 0 Å². The number of rotatable bonds is 2. The first kappa shape index (κ1) is 10.4. The smallest absolute Gasteiger partial charge is 0.0551 e. The van der Waals surface area contributed by atoms with E-state index in [1.54, 1.807) is 0 Å². The van der Waals surface area contributed by atoms with Crippen molar-refractivity contribution in [1.29, 1.82) is 0 Å². The Labute approximate surface area is 91.0 Å². The second-order valence-corrected chi connectivity index (χ2v) is 3.95.